The van der Waals surface area contributed by atoms with Crippen molar-refractivity contribution in [2.24, 2.45) is 0 Å². The number of aliphatic hydroxyl groups is 1. The molecular formula is C16H20N4O2. The molecule has 2 heterocycles. The van der Waals surface area contributed by atoms with Gasteiger partial charge in [0.1, 0.15) is 5.69 Å². The van der Waals surface area contributed by atoms with Gasteiger partial charge in [-0.25, -0.2) is 4.98 Å². The van der Waals surface area contributed by atoms with Crippen LogP contribution in [0.25, 0.3) is 0 Å². The number of H-pyrrole nitrogens is 1. The van der Waals surface area contributed by atoms with Crippen LogP contribution in [0.1, 0.15) is 22.2 Å². The van der Waals surface area contributed by atoms with Gasteiger partial charge >= 0.3 is 0 Å². The molecule has 1 aromatic heterocycles. The first-order valence-corrected chi connectivity index (χ1v) is 7.47. The molecule has 2 aromatic rings. The Kier molecular flexibility index (Phi) is 4.50. The molecule has 0 radical (unpaired) electrons. The quantitative estimate of drug-likeness (QED) is 0.880. The molecule has 1 amide bonds. The summed E-state index contributed by atoms with van der Waals surface area (Å²) >= 11 is 0. The number of aromatic amines is 1. The number of nitrogens with one attached hydrogen (secondary N) is 1. The maximum Gasteiger partial charge on any atom is 0.272 e. The molecule has 3 rings (SSSR count). The summed E-state index contributed by atoms with van der Waals surface area (Å²) in [5, 5.41) is 10.3. The van der Waals surface area contributed by atoms with E-state index < -0.39 is 6.10 Å². The maximum absolute atomic E-state index is 12.2. The van der Waals surface area contributed by atoms with Crippen molar-refractivity contribution >= 4 is 5.91 Å². The summed E-state index contributed by atoms with van der Waals surface area (Å²) < 4.78 is 0. The summed E-state index contributed by atoms with van der Waals surface area (Å²) in [5.41, 5.74) is 1.45. The van der Waals surface area contributed by atoms with Crippen LogP contribution in [0.15, 0.2) is 42.9 Å². The highest BCUT2D eigenvalue weighted by Crippen LogP contribution is 2.15. The molecular weight excluding hydrogens is 280 g/mol. The van der Waals surface area contributed by atoms with E-state index in [1.54, 1.807) is 6.20 Å². The highest BCUT2D eigenvalue weighted by atomic mass is 16.3. The predicted molar refractivity (Wildman–Crippen MR) is 82.3 cm³/mol. The number of β-amino-alcohol motifs (C(OH)–C–C–N with tert-alkyl or cyclic N) is 1. The number of aromatic nitrogens is 2. The normalized spacial score (nSPS) is 17.4. The van der Waals surface area contributed by atoms with Crippen LogP contribution in [0.2, 0.25) is 0 Å². The summed E-state index contributed by atoms with van der Waals surface area (Å²) in [7, 11) is 0. The monoisotopic (exact) mass is 300 g/mol. The van der Waals surface area contributed by atoms with Crippen molar-refractivity contribution in [2.45, 2.75) is 6.10 Å². The van der Waals surface area contributed by atoms with E-state index in [0.29, 0.717) is 25.3 Å². The molecule has 22 heavy (non-hydrogen) atoms. The lowest BCUT2D eigenvalue weighted by molar-refractivity contribution is 0.0523. The molecule has 0 bridgehead atoms. The van der Waals surface area contributed by atoms with E-state index in [2.05, 4.69) is 14.9 Å². The number of imidazole rings is 1. The molecule has 1 aliphatic heterocycles. The van der Waals surface area contributed by atoms with Gasteiger partial charge in [0.2, 0.25) is 0 Å². The van der Waals surface area contributed by atoms with Gasteiger partial charge in [0.25, 0.3) is 5.91 Å². The van der Waals surface area contributed by atoms with E-state index >= 15 is 0 Å². The molecule has 1 atom stereocenters. The lowest BCUT2D eigenvalue weighted by Crippen LogP contribution is -2.49. The Morgan fingerprint density at radius 2 is 1.95 bits per heavy atom. The minimum Gasteiger partial charge on any atom is -0.387 e. The van der Waals surface area contributed by atoms with Crippen LogP contribution in [-0.2, 0) is 0 Å². The van der Waals surface area contributed by atoms with Crippen LogP contribution in [0.5, 0.6) is 0 Å². The van der Waals surface area contributed by atoms with Crippen LogP contribution >= 0.6 is 0 Å². The Morgan fingerprint density at radius 1 is 1.23 bits per heavy atom. The predicted octanol–water partition coefficient (Wildman–Crippen LogP) is 0.901. The lowest BCUT2D eigenvalue weighted by atomic mass is 10.1. The Labute approximate surface area is 129 Å². The van der Waals surface area contributed by atoms with Gasteiger partial charge in [-0.2, -0.15) is 0 Å². The Balaban J connectivity index is 1.51. The van der Waals surface area contributed by atoms with E-state index in [4.69, 9.17) is 0 Å². The fourth-order valence-electron chi connectivity index (χ4n) is 2.70. The highest BCUT2D eigenvalue weighted by molar-refractivity contribution is 5.92. The summed E-state index contributed by atoms with van der Waals surface area (Å²) in [6, 6.07) is 9.67. The Bertz CT molecular complexity index is 592. The first-order chi connectivity index (χ1) is 10.7. The molecule has 116 valence electrons. The second kappa shape index (κ2) is 6.72. The number of carbonyl (C=O) groups excluding carboxylic acids is 1. The second-order valence-electron chi connectivity index (χ2n) is 5.48. The van der Waals surface area contributed by atoms with Crippen LogP contribution in [-0.4, -0.2) is 63.5 Å². The van der Waals surface area contributed by atoms with Gasteiger partial charge in [0.05, 0.1) is 18.6 Å². The zero-order valence-corrected chi connectivity index (χ0v) is 12.4. The largest absolute Gasteiger partial charge is 0.387 e. The van der Waals surface area contributed by atoms with Gasteiger partial charge < -0.3 is 15.0 Å². The summed E-state index contributed by atoms with van der Waals surface area (Å²) in [6.45, 7) is 3.46. The molecule has 2 N–H and O–H groups in total. The van der Waals surface area contributed by atoms with Crippen LogP contribution < -0.4 is 0 Å². The van der Waals surface area contributed by atoms with Gasteiger partial charge in [-0.3, -0.25) is 9.69 Å². The molecule has 1 aromatic carbocycles. The third-order valence-corrected chi connectivity index (χ3v) is 4.00. The molecule has 0 saturated carbocycles. The number of carbonyl (C=O) groups is 1. The summed E-state index contributed by atoms with van der Waals surface area (Å²) in [6.07, 6.45) is 2.57. The molecule has 1 saturated heterocycles. The van der Waals surface area contributed by atoms with Crippen molar-refractivity contribution in [1.29, 1.82) is 0 Å². The average molecular weight is 300 g/mol. The van der Waals surface area contributed by atoms with E-state index in [1.165, 1.54) is 6.33 Å². The average Bonchev–Trinajstić information content (AvgIpc) is 3.10. The number of nitrogens with zero attached hydrogens (tertiary/aromatic N) is 3. The fraction of sp³-hybridized carbons (Fsp3) is 0.375. The van der Waals surface area contributed by atoms with Crippen molar-refractivity contribution in [2.75, 3.05) is 32.7 Å². The lowest BCUT2D eigenvalue weighted by Gasteiger charge is -2.35. The minimum absolute atomic E-state index is 0.0132. The summed E-state index contributed by atoms with van der Waals surface area (Å²) in [5.74, 6) is -0.0132. The first kappa shape index (κ1) is 14.7. The number of hydrogen-bond donors (Lipinski definition) is 2. The number of benzene rings is 1. The Morgan fingerprint density at radius 3 is 2.59 bits per heavy atom. The molecule has 1 fully saturated rings. The van der Waals surface area contributed by atoms with E-state index in [0.717, 1.165) is 18.7 Å². The van der Waals surface area contributed by atoms with Crippen molar-refractivity contribution in [1.82, 2.24) is 19.8 Å². The number of hydrogen-bond acceptors (Lipinski definition) is 4. The van der Waals surface area contributed by atoms with Gasteiger partial charge in [-0.05, 0) is 5.56 Å². The fourth-order valence-corrected chi connectivity index (χ4v) is 2.70. The van der Waals surface area contributed by atoms with E-state index in [1.807, 2.05) is 35.2 Å². The van der Waals surface area contributed by atoms with Crippen molar-refractivity contribution < 1.29 is 9.90 Å². The van der Waals surface area contributed by atoms with Gasteiger partial charge in [-0.1, -0.05) is 30.3 Å². The zero-order valence-electron chi connectivity index (χ0n) is 12.4. The van der Waals surface area contributed by atoms with Gasteiger partial charge in [0.15, 0.2) is 0 Å². The van der Waals surface area contributed by atoms with Crippen molar-refractivity contribution in [3.8, 4) is 0 Å². The summed E-state index contributed by atoms with van der Waals surface area (Å²) in [4.78, 5) is 22.9. The first-order valence-electron chi connectivity index (χ1n) is 7.47. The van der Waals surface area contributed by atoms with Gasteiger partial charge in [0, 0.05) is 32.7 Å². The van der Waals surface area contributed by atoms with Gasteiger partial charge in [-0.15, -0.1) is 0 Å². The van der Waals surface area contributed by atoms with Crippen LogP contribution in [0, 0.1) is 0 Å². The standard InChI is InChI=1S/C16H20N4O2/c21-15(13-4-2-1-3-5-13)11-19-6-8-20(9-7-19)16(22)14-10-17-12-18-14/h1-5,10,12,15,21H,6-9,11H2,(H,17,18). The highest BCUT2D eigenvalue weighted by Gasteiger charge is 2.24. The number of aliphatic hydroxyl groups excluding tert-OH is 1. The van der Waals surface area contributed by atoms with Crippen molar-refractivity contribution in [3.05, 3.63) is 54.1 Å². The van der Waals surface area contributed by atoms with Crippen LogP contribution in [0.4, 0.5) is 0 Å². The minimum atomic E-state index is -0.490. The molecule has 0 spiro atoms. The van der Waals surface area contributed by atoms with Crippen molar-refractivity contribution in [3.63, 3.8) is 0 Å². The maximum atomic E-state index is 12.2. The Hall–Kier alpha value is -2.18. The topological polar surface area (TPSA) is 72.5 Å². The number of rotatable bonds is 4. The third-order valence-electron chi connectivity index (χ3n) is 4.00. The number of amides is 1. The molecule has 1 aliphatic rings. The molecule has 0 aliphatic carbocycles. The van der Waals surface area contributed by atoms with Crippen LogP contribution in [0.3, 0.4) is 0 Å². The third kappa shape index (κ3) is 3.35. The second-order valence-corrected chi connectivity index (χ2v) is 5.48. The zero-order chi connectivity index (χ0) is 15.4. The smallest absolute Gasteiger partial charge is 0.272 e. The molecule has 6 nitrogen and oxygen atoms in total. The molecule has 6 heteroatoms. The van der Waals surface area contributed by atoms with E-state index in [-0.39, 0.29) is 5.91 Å². The number of piperazine rings is 1. The molecule has 1 unspecified atom stereocenters. The SMILES string of the molecule is O=C(c1cnc[nH]1)N1CCN(CC(O)c2ccccc2)CC1. The van der Waals surface area contributed by atoms with E-state index in [9.17, 15) is 9.90 Å².